The molecule has 1 unspecified atom stereocenters. The molecule has 0 saturated carbocycles. The average Bonchev–Trinajstić information content (AvgIpc) is 2.45. The molecular formula is C14H20N2O3. The van der Waals surface area contributed by atoms with Crippen LogP contribution in [0.15, 0.2) is 24.3 Å². The van der Waals surface area contributed by atoms with Crippen molar-refractivity contribution in [3.63, 3.8) is 0 Å². The maximum absolute atomic E-state index is 10.5. The van der Waals surface area contributed by atoms with E-state index in [1.54, 1.807) is 12.1 Å². The Bertz CT molecular complexity index is 400. The van der Waals surface area contributed by atoms with Gasteiger partial charge >= 0.3 is 0 Å². The van der Waals surface area contributed by atoms with E-state index in [0.29, 0.717) is 12.6 Å². The van der Waals surface area contributed by atoms with E-state index < -0.39 is 0 Å². The lowest BCUT2D eigenvalue weighted by Gasteiger charge is -2.23. The second kappa shape index (κ2) is 7.21. The van der Waals surface area contributed by atoms with E-state index in [1.807, 2.05) is 0 Å². The van der Waals surface area contributed by atoms with Crippen molar-refractivity contribution in [2.45, 2.75) is 31.7 Å². The Morgan fingerprint density at radius 3 is 2.74 bits per heavy atom. The number of nitrogens with zero attached hydrogens (tertiary/aromatic N) is 1. The SMILES string of the molecule is O=[N+]([O-])c1ccc(CCOCC2CCCCN2)cc1. The first-order valence-corrected chi connectivity index (χ1v) is 6.80. The molecule has 5 heteroatoms. The summed E-state index contributed by atoms with van der Waals surface area (Å²) in [6, 6.07) is 7.15. The van der Waals surface area contributed by atoms with Crippen LogP contribution >= 0.6 is 0 Å². The first-order valence-electron chi connectivity index (χ1n) is 6.80. The number of hydrogen-bond donors (Lipinski definition) is 1. The van der Waals surface area contributed by atoms with Crippen molar-refractivity contribution in [2.75, 3.05) is 19.8 Å². The number of nitro benzene ring substituents is 1. The quantitative estimate of drug-likeness (QED) is 0.486. The Kier molecular flexibility index (Phi) is 5.30. The van der Waals surface area contributed by atoms with E-state index >= 15 is 0 Å². The molecule has 1 fully saturated rings. The smallest absolute Gasteiger partial charge is 0.269 e. The minimum absolute atomic E-state index is 0.135. The Morgan fingerprint density at radius 1 is 1.32 bits per heavy atom. The Labute approximate surface area is 113 Å². The summed E-state index contributed by atoms with van der Waals surface area (Å²) in [5, 5.41) is 14.0. The fourth-order valence-corrected chi connectivity index (χ4v) is 2.27. The van der Waals surface area contributed by atoms with Gasteiger partial charge in [-0.05, 0) is 31.4 Å². The van der Waals surface area contributed by atoms with Gasteiger partial charge in [0, 0.05) is 18.2 Å². The fraction of sp³-hybridized carbons (Fsp3) is 0.571. The summed E-state index contributed by atoms with van der Waals surface area (Å²) in [7, 11) is 0. The average molecular weight is 264 g/mol. The molecule has 0 spiro atoms. The number of nitro groups is 1. The number of ether oxygens (including phenoxy) is 1. The van der Waals surface area contributed by atoms with E-state index in [1.165, 1.54) is 31.4 Å². The van der Waals surface area contributed by atoms with Crippen LogP contribution in [0.4, 0.5) is 5.69 Å². The normalized spacial score (nSPS) is 19.3. The predicted molar refractivity (Wildman–Crippen MR) is 73.3 cm³/mol. The highest BCUT2D eigenvalue weighted by Gasteiger charge is 2.12. The van der Waals surface area contributed by atoms with Crippen LogP contribution in [0.25, 0.3) is 0 Å². The van der Waals surface area contributed by atoms with Gasteiger partial charge in [-0.15, -0.1) is 0 Å². The topological polar surface area (TPSA) is 64.4 Å². The zero-order chi connectivity index (χ0) is 13.5. The standard InChI is InChI=1S/C14H20N2O3/c17-16(18)14-6-4-12(5-7-14)8-10-19-11-13-3-1-2-9-15-13/h4-7,13,15H,1-3,8-11H2. The summed E-state index contributed by atoms with van der Waals surface area (Å²) in [5.41, 5.74) is 1.21. The van der Waals surface area contributed by atoms with E-state index in [0.717, 1.165) is 25.1 Å². The van der Waals surface area contributed by atoms with Crippen LogP contribution in [0.1, 0.15) is 24.8 Å². The second-order valence-corrected chi connectivity index (χ2v) is 4.90. The molecule has 1 aliphatic heterocycles. The van der Waals surface area contributed by atoms with Crippen molar-refractivity contribution in [1.29, 1.82) is 0 Å². The number of benzene rings is 1. The molecule has 0 amide bonds. The highest BCUT2D eigenvalue weighted by Crippen LogP contribution is 2.12. The molecule has 1 aliphatic rings. The molecule has 1 heterocycles. The van der Waals surface area contributed by atoms with Crippen LogP contribution < -0.4 is 5.32 Å². The molecule has 1 aromatic carbocycles. The Morgan fingerprint density at radius 2 is 2.11 bits per heavy atom. The van der Waals surface area contributed by atoms with Crippen LogP contribution in [0, 0.1) is 10.1 Å². The van der Waals surface area contributed by atoms with Gasteiger partial charge in [-0.1, -0.05) is 18.6 Å². The lowest BCUT2D eigenvalue weighted by Crippen LogP contribution is -2.37. The molecule has 1 aromatic rings. The molecule has 104 valence electrons. The van der Waals surface area contributed by atoms with Gasteiger partial charge in [0.15, 0.2) is 0 Å². The third kappa shape index (κ3) is 4.61. The van der Waals surface area contributed by atoms with E-state index in [-0.39, 0.29) is 10.6 Å². The van der Waals surface area contributed by atoms with E-state index in [9.17, 15) is 10.1 Å². The van der Waals surface area contributed by atoms with E-state index in [2.05, 4.69) is 5.32 Å². The third-order valence-electron chi connectivity index (χ3n) is 3.41. The Balaban J connectivity index is 1.66. The minimum atomic E-state index is -0.380. The number of hydrogen-bond acceptors (Lipinski definition) is 4. The van der Waals surface area contributed by atoms with Gasteiger partial charge < -0.3 is 10.1 Å². The molecular weight excluding hydrogens is 244 g/mol. The zero-order valence-electron chi connectivity index (χ0n) is 11.0. The zero-order valence-corrected chi connectivity index (χ0v) is 11.0. The predicted octanol–water partition coefficient (Wildman–Crippen LogP) is 2.30. The maximum atomic E-state index is 10.5. The van der Waals surface area contributed by atoms with Crippen molar-refractivity contribution in [1.82, 2.24) is 5.32 Å². The van der Waals surface area contributed by atoms with Gasteiger partial charge in [-0.3, -0.25) is 10.1 Å². The number of nitrogens with one attached hydrogen (secondary N) is 1. The van der Waals surface area contributed by atoms with Crippen LogP contribution in [-0.2, 0) is 11.2 Å². The van der Waals surface area contributed by atoms with Crippen molar-refractivity contribution < 1.29 is 9.66 Å². The molecule has 0 aromatic heterocycles. The summed E-state index contributed by atoms with van der Waals surface area (Å²) in [6.07, 6.45) is 4.53. The molecule has 1 N–H and O–H groups in total. The number of piperidine rings is 1. The third-order valence-corrected chi connectivity index (χ3v) is 3.41. The van der Waals surface area contributed by atoms with Crippen molar-refractivity contribution >= 4 is 5.69 Å². The minimum Gasteiger partial charge on any atom is -0.379 e. The molecule has 5 nitrogen and oxygen atoms in total. The van der Waals surface area contributed by atoms with E-state index in [4.69, 9.17) is 4.74 Å². The van der Waals surface area contributed by atoms with Crippen molar-refractivity contribution in [3.05, 3.63) is 39.9 Å². The van der Waals surface area contributed by atoms with Gasteiger partial charge in [0.05, 0.1) is 18.1 Å². The fourth-order valence-electron chi connectivity index (χ4n) is 2.27. The molecule has 0 radical (unpaired) electrons. The summed E-state index contributed by atoms with van der Waals surface area (Å²) in [4.78, 5) is 10.1. The van der Waals surface area contributed by atoms with Crippen LogP contribution in [0.3, 0.4) is 0 Å². The molecule has 2 rings (SSSR count). The van der Waals surface area contributed by atoms with Gasteiger partial charge in [0.2, 0.25) is 0 Å². The van der Waals surface area contributed by atoms with Crippen molar-refractivity contribution in [2.24, 2.45) is 0 Å². The van der Waals surface area contributed by atoms with Crippen LogP contribution in [-0.4, -0.2) is 30.7 Å². The monoisotopic (exact) mass is 264 g/mol. The van der Waals surface area contributed by atoms with Crippen LogP contribution in [0.5, 0.6) is 0 Å². The van der Waals surface area contributed by atoms with Gasteiger partial charge in [0.25, 0.3) is 5.69 Å². The molecule has 19 heavy (non-hydrogen) atoms. The molecule has 0 bridgehead atoms. The first kappa shape index (κ1) is 14.0. The van der Waals surface area contributed by atoms with Gasteiger partial charge in [-0.25, -0.2) is 0 Å². The van der Waals surface area contributed by atoms with Crippen LogP contribution in [0.2, 0.25) is 0 Å². The second-order valence-electron chi connectivity index (χ2n) is 4.90. The first-order chi connectivity index (χ1) is 9.25. The lowest BCUT2D eigenvalue weighted by molar-refractivity contribution is -0.384. The van der Waals surface area contributed by atoms with Gasteiger partial charge in [-0.2, -0.15) is 0 Å². The summed E-state index contributed by atoms with van der Waals surface area (Å²) >= 11 is 0. The maximum Gasteiger partial charge on any atom is 0.269 e. The summed E-state index contributed by atoms with van der Waals surface area (Å²) < 4.78 is 5.66. The summed E-state index contributed by atoms with van der Waals surface area (Å²) in [6.45, 7) is 2.51. The molecule has 1 atom stereocenters. The lowest BCUT2D eigenvalue weighted by atomic mass is 10.1. The van der Waals surface area contributed by atoms with Crippen molar-refractivity contribution in [3.8, 4) is 0 Å². The highest BCUT2D eigenvalue weighted by molar-refractivity contribution is 5.32. The number of non-ortho nitro benzene ring substituents is 1. The molecule has 0 aliphatic carbocycles. The van der Waals surface area contributed by atoms with Gasteiger partial charge in [0.1, 0.15) is 0 Å². The highest BCUT2D eigenvalue weighted by atomic mass is 16.6. The summed E-state index contributed by atoms with van der Waals surface area (Å²) in [5.74, 6) is 0. The Hall–Kier alpha value is -1.46. The number of rotatable bonds is 6. The largest absolute Gasteiger partial charge is 0.379 e. The molecule has 1 saturated heterocycles.